The molecule has 0 saturated carbocycles. The van der Waals surface area contributed by atoms with E-state index in [1.54, 1.807) is 24.3 Å². The molecule has 0 fully saturated rings. The lowest BCUT2D eigenvalue weighted by molar-refractivity contribution is 0.475. The molecule has 120 valence electrons. The number of unbranched alkanes of at least 4 members (excludes halogenated alkanes) is 5. The van der Waals surface area contributed by atoms with Gasteiger partial charge in [-0.15, -0.1) is 0 Å². The summed E-state index contributed by atoms with van der Waals surface area (Å²) in [4.78, 5) is 0. The van der Waals surface area contributed by atoms with Crippen molar-refractivity contribution in [3.63, 3.8) is 0 Å². The first-order valence-corrected chi connectivity index (χ1v) is 8.36. The van der Waals surface area contributed by atoms with Gasteiger partial charge in [0, 0.05) is 12.2 Å². The van der Waals surface area contributed by atoms with E-state index in [2.05, 4.69) is 42.6 Å². The number of hydrogen-bond acceptors (Lipinski definition) is 2. The molecule has 0 saturated heterocycles. The monoisotopic (exact) mass is 299 g/mol. The Balaban J connectivity index is 0.000000287. The molecule has 2 rings (SSSR count). The van der Waals surface area contributed by atoms with Gasteiger partial charge in [0.1, 0.15) is 5.75 Å². The van der Waals surface area contributed by atoms with Crippen LogP contribution in [0.5, 0.6) is 5.75 Å². The number of hydrogen-bond donors (Lipinski definition) is 2. The maximum Gasteiger partial charge on any atom is 0.115 e. The van der Waals surface area contributed by atoms with Gasteiger partial charge in [-0.2, -0.15) is 0 Å². The molecule has 0 aliphatic rings. The highest BCUT2D eigenvalue weighted by atomic mass is 16.3. The third-order valence-corrected chi connectivity index (χ3v) is 3.39. The molecule has 0 radical (unpaired) electrons. The fourth-order valence-corrected chi connectivity index (χ4v) is 2.12. The Morgan fingerprint density at radius 3 is 1.82 bits per heavy atom. The summed E-state index contributed by atoms with van der Waals surface area (Å²) < 4.78 is 0. The Bertz CT molecular complexity index is 456. The molecule has 0 bridgehead atoms. The Kier molecular flexibility index (Phi) is 10.5. The van der Waals surface area contributed by atoms with E-state index in [0.717, 1.165) is 6.54 Å². The number of phenols is 1. The molecule has 0 aromatic heterocycles. The zero-order valence-electron chi connectivity index (χ0n) is 13.7. The zero-order chi connectivity index (χ0) is 15.9. The van der Waals surface area contributed by atoms with E-state index in [0.29, 0.717) is 5.75 Å². The van der Waals surface area contributed by atoms with Gasteiger partial charge in [0.15, 0.2) is 0 Å². The van der Waals surface area contributed by atoms with Crippen LogP contribution in [0.1, 0.15) is 45.4 Å². The number of para-hydroxylation sites is 2. The van der Waals surface area contributed by atoms with E-state index in [1.807, 2.05) is 6.07 Å². The van der Waals surface area contributed by atoms with E-state index < -0.39 is 0 Å². The lowest BCUT2D eigenvalue weighted by Crippen LogP contribution is -2.00. The lowest BCUT2D eigenvalue weighted by Gasteiger charge is -2.05. The predicted octanol–water partition coefficient (Wildman–Crippen LogP) is 5.85. The Labute approximate surface area is 135 Å². The number of rotatable bonds is 8. The maximum atomic E-state index is 8.63. The number of benzene rings is 2. The molecule has 0 aliphatic carbocycles. The largest absolute Gasteiger partial charge is 0.508 e. The van der Waals surface area contributed by atoms with Crippen LogP contribution in [-0.2, 0) is 0 Å². The second-order valence-electron chi connectivity index (χ2n) is 5.40. The molecule has 22 heavy (non-hydrogen) atoms. The molecule has 0 unspecified atom stereocenters. The standard InChI is InChI=1S/C14H23N.C6H6O/c1-2-3-4-5-6-10-13-15-14-11-8-7-9-12-14;7-6-4-2-1-3-5-6/h7-9,11-12,15H,2-6,10,13H2,1H3;1-5,7H. The van der Waals surface area contributed by atoms with Crippen molar-refractivity contribution in [1.82, 2.24) is 0 Å². The first-order chi connectivity index (χ1) is 10.8. The van der Waals surface area contributed by atoms with Crippen LogP contribution in [0.25, 0.3) is 0 Å². The Morgan fingerprint density at radius 2 is 1.27 bits per heavy atom. The van der Waals surface area contributed by atoms with E-state index in [-0.39, 0.29) is 0 Å². The zero-order valence-corrected chi connectivity index (χ0v) is 13.7. The van der Waals surface area contributed by atoms with Gasteiger partial charge in [-0.05, 0) is 30.7 Å². The molecular formula is C20H29NO. The average molecular weight is 299 g/mol. The molecule has 0 amide bonds. The maximum absolute atomic E-state index is 8.63. The minimum absolute atomic E-state index is 0.322. The van der Waals surface area contributed by atoms with Crippen LogP contribution in [0.3, 0.4) is 0 Å². The van der Waals surface area contributed by atoms with Crippen LogP contribution in [0.2, 0.25) is 0 Å². The lowest BCUT2D eigenvalue weighted by atomic mass is 10.1. The molecule has 2 nitrogen and oxygen atoms in total. The number of aromatic hydroxyl groups is 1. The van der Waals surface area contributed by atoms with Crippen LogP contribution in [-0.4, -0.2) is 11.7 Å². The van der Waals surface area contributed by atoms with Gasteiger partial charge in [0.05, 0.1) is 0 Å². The summed E-state index contributed by atoms with van der Waals surface area (Å²) in [6, 6.07) is 19.2. The fourth-order valence-electron chi connectivity index (χ4n) is 2.12. The van der Waals surface area contributed by atoms with Gasteiger partial charge in [0.25, 0.3) is 0 Å². The molecule has 2 N–H and O–H groups in total. The highest BCUT2D eigenvalue weighted by Crippen LogP contribution is 2.07. The molecule has 2 aromatic carbocycles. The van der Waals surface area contributed by atoms with Gasteiger partial charge < -0.3 is 10.4 Å². The predicted molar refractivity (Wildman–Crippen MR) is 96.4 cm³/mol. The van der Waals surface area contributed by atoms with E-state index in [4.69, 9.17) is 5.11 Å². The van der Waals surface area contributed by atoms with Crippen LogP contribution in [0.4, 0.5) is 5.69 Å². The van der Waals surface area contributed by atoms with Crippen molar-refractivity contribution in [3.8, 4) is 5.75 Å². The summed E-state index contributed by atoms with van der Waals surface area (Å²) in [6.07, 6.45) is 8.18. The number of anilines is 1. The summed E-state index contributed by atoms with van der Waals surface area (Å²) in [6.45, 7) is 3.37. The van der Waals surface area contributed by atoms with Crippen molar-refractivity contribution in [2.24, 2.45) is 0 Å². The minimum atomic E-state index is 0.322. The van der Waals surface area contributed by atoms with Gasteiger partial charge >= 0.3 is 0 Å². The van der Waals surface area contributed by atoms with Crippen LogP contribution >= 0.6 is 0 Å². The van der Waals surface area contributed by atoms with Gasteiger partial charge in [-0.3, -0.25) is 0 Å². The third-order valence-electron chi connectivity index (χ3n) is 3.39. The second-order valence-corrected chi connectivity index (χ2v) is 5.40. The average Bonchev–Trinajstić information content (AvgIpc) is 2.56. The first kappa shape index (κ1) is 18.1. The molecule has 0 atom stereocenters. The second kappa shape index (κ2) is 12.8. The summed E-state index contributed by atoms with van der Waals surface area (Å²) >= 11 is 0. The normalized spacial score (nSPS) is 9.68. The van der Waals surface area contributed by atoms with Crippen molar-refractivity contribution in [1.29, 1.82) is 0 Å². The summed E-state index contributed by atoms with van der Waals surface area (Å²) in [7, 11) is 0. The van der Waals surface area contributed by atoms with Gasteiger partial charge in [-0.25, -0.2) is 0 Å². The van der Waals surface area contributed by atoms with Crippen molar-refractivity contribution in [2.75, 3.05) is 11.9 Å². The smallest absolute Gasteiger partial charge is 0.115 e. The number of nitrogens with one attached hydrogen (secondary N) is 1. The van der Waals surface area contributed by atoms with Gasteiger partial charge in [-0.1, -0.05) is 75.4 Å². The van der Waals surface area contributed by atoms with E-state index in [9.17, 15) is 0 Å². The molecule has 0 spiro atoms. The van der Waals surface area contributed by atoms with E-state index >= 15 is 0 Å². The topological polar surface area (TPSA) is 32.3 Å². The summed E-state index contributed by atoms with van der Waals surface area (Å²) in [5, 5.41) is 12.1. The first-order valence-electron chi connectivity index (χ1n) is 8.36. The molecule has 0 aliphatic heterocycles. The minimum Gasteiger partial charge on any atom is -0.508 e. The van der Waals surface area contributed by atoms with Crippen molar-refractivity contribution in [2.45, 2.75) is 45.4 Å². The number of phenolic OH excluding ortho intramolecular Hbond substituents is 1. The quantitative estimate of drug-likeness (QED) is 0.599. The Morgan fingerprint density at radius 1 is 0.727 bits per heavy atom. The summed E-state index contributed by atoms with van der Waals surface area (Å²) in [5.74, 6) is 0.322. The van der Waals surface area contributed by atoms with E-state index in [1.165, 1.54) is 44.2 Å². The fraction of sp³-hybridized carbons (Fsp3) is 0.400. The molecule has 0 heterocycles. The van der Waals surface area contributed by atoms with Crippen LogP contribution in [0, 0.1) is 0 Å². The highest BCUT2D eigenvalue weighted by molar-refractivity contribution is 5.42. The molecule has 2 aromatic rings. The SMILES string of the molecule is CCCCCCCCNc1ccccc1.Oc1ccccc1. The van der Waals surface area contributed by atoms with Crippen molar-refractivity contribution in [3.05, 3.63) is 60.7 Å². The van der Waals surface area contributed by atoms with Crippen molar-refractivity contribution >= 4 is 5.69 Å². The van der Waals surface area contributed by atoms with Gasteiger partial charge in [0.2, 0.25) is 0 Å². The third kappa shape index (κ3) is 9.87. The van der Waals surface area contributed by atoms with Crippen molar-refractivity contribution < 1.29 is 5.11 Å². The van der Waals surface area contributed by atoms with Crippen LogP contribution < -0.4 is 5.32 Å². The molecular weight excluding hydrogens is 270 g/mol. The Hall–Kier alpha value is -1.96. The highest BCUT2D eigenvalue weighted by Gasteiger charge is 1.91. The summed E-state index contributed by atoms with van der Waals surface area (Å²) in [5.41, 5.74) is 1.24. The molecule has 2 heteroatoms. The van der Waals surface area contributed by atoms with Crippen LogP contribution in [0.15, 0.2) is 60.7 Å².